The standard InChI is InChI=1S/C21H23BrClN3O/c1-14(2)9-10-26(21(27)15-5-4-6-16(22)11-15)13-20-24-18-12-17(23)7-8-19(18)25(20)3/h4-8,11-12,14H,9-10,13H2,1-3H3. The molecule has 142 valence electrons. The van der Waals surface area contributed by atoms with Gasteiger partial charge in [0, 0.05) is 28.7 Å². The van der Waals surface area contributed by atoms with Crippen LogP contribution in [0.3, 0.4) is 0 Å². The fraction of sp³-hybridized carbons (Fsp3) is 0.333. The minimum Gasteiger partial charge on any atom is -0.331 e. The van der Waals surface area contributed by atoms with Crippen LogP contribution in [0, 0.1) is 5.92 Å². The van der Waals surface area contributed by atoms with Crippen LogP contribution in [0.15, 0.2) is 46.9 Å². The SMILES string of the molecule is CC(C)CCN(Cc1nc2cc(Cl)ccc2n1C)C(=O)c1cccc(Br)c1. The van der Waals surface area contributed by atoms with E-state index in [9.17, 15) is 4.79 Å². The van der Waals surface area contributed by atoms with Gasteiger partial charge < -0.3 is 9.47 Å². The van der Waals surface area contributed by atoms with Crippen molar-refractivity contribution in [1.29, 1.82) is 0 Å². The molecule has 0 saturated carbocycles. The molecule has 0 aliphatic carbocycles. The fourth-order valence-electron chi connectivity index (χ4n) is 3.01. The van der Waals surface area contributed by atoms with Crippen molar-refractivity contribution in [1.82, 2.24) is 14.5 Å². The van der Waals surface area contributed by atoms with E-state index >= 15 is 0 Å². The summed E-state index contributed by atoms with van der Waals surface area (Å²) < 4.78 is 2.93. The molecular weight excluding hydrogens is 426 g/mol. The maximum absolute atomic E-state index is 13.1. The highest BCUT2D eigenvalue weighted by molar-refractivity contribution is 9.10. The Morgan fingerprint density at radius 1 is 1.26 bits per heavy atom. The van der Waals surface area contributed by atoms with Gasteiger partial charge in [-0.3, -0.25) is 4.79 Å². The molecule has 4 nitrogen and oxygen atoms in total. The number of aryl methyl sites for hydroxylation is 1. The highest BCUT2D eigenvalue weighted by atomic mass is 79.9. The lowest BCUT2D eigenvalue weighted by Crippen LogP contribution is -2.33. The van der Waals surface area contributed by atoms with Crippen molar-refractivity contribution in [2.24, 2.45) is 13.0 Å². The van der Waals surface area contributed by atoms with Crippen molar-refractivity contribution in [3.05, 3.63) is 63.3 Å². The lowest BCUT2D eigenvalue weighted by Gasteiger charge is -2.23. The first-order chi connectivity index (χ1) is 12.8. The Hall–Kier alpha value is -1.85. The number of fused-ring (bicyclic) bond motifs is 1. The van der Waals surface area contributed by atoms with Crippen LogP contribution in [0.1, 0.15) is 36.5 Å². The molecule has 2 aromatic carbocycles. The first-order valence-electron chi connectivity index (χ1n) is 9.01. The lowest BCUT2D eigenvalue weighted by atomic mass is 10.1. The zero-order valence-corrected chi connectivity index (χ0v) is 18.1. The first-order valence-corrected chi connectivity index (χ1v) is 10.2. The minimum atomic E-state index is 0.0158. The zero-order valence-electron chi connectivity index (χ0n) is 15.7. The number of nitrogens with zero attached hydrogens (tertiary/aromatic N) is 3. The Morgan fingerprint density at radius 2 is 2.04 bits per heavy atom. The summed E-state index contributed by atoms with van der Waals surface area (Å²) in [6.07, 6.45) is 0.940. The monoisotopic (exact) mass is 447 g/mol. The fourth-order valence-corrected chi connectivity index (χ4v) is 3.57. The van der Waals surface area contributed by atoms with E-state index in [1.807, 2.05) is 59.0 Å². The second kappa shape index (κ2) is 8.44. The van der Waals surface area contributed by atoms with Gasteiger partial charge in [0.25, 0.3) is 5.91 Å². The molecule has 3 rings (SSSR count). The Bertz CT molecular complexity index is 967. The molecule has 0 spiro atoms. The average molecular weight is 449 g/mol. The quantitative estimate of drug-likeness (QED) is 0.487. The van der Waals surface area contributed by atoms with Crippen LogP contribution in [0.4, 0.5) is 0 Å². The molecule has 6 heteroatoms. The second-order valence-corrected chi connectivity index (χ2v) is 8.49. The average Bonchev–Trinajstić information content (AvgIpc) is 2.92. The number of hydrogen-bond acceptors (Lipinski definition) is 2. The van der Waals surface area contributed by atoms with Gasteiger partial charge in [-0.2, -0.15) is 0 Å². The van der Waals surface area contributed by atoms with E-state index in [2.05, 4.69) is 29.8 Å². The molecule has 0 saturated heterocycles. The van der Waals surface area contributed by atoms with Crippen molar-refractivity contribution < 1.29 is 4.79 Å². The molecule has 0 atom stereocenters. The normalized spacial score (nSPS) is 11.3. The summed E-state index contributed by atoms with van der Waals surface area (Å²) in [4.78, 5) is 19.7. The van der Waals surface area contributed by atoms with E-state index in [1.54, 1.807) is 0 Å². The topological polar surface area (TPSA) is 38.1 Å². The third-order valence-electron chi connectivity index (χ3n) is 4.60. The van der Waals surface area contributed by atoms with Gasteiger partial charge in [-0.25, -0.2) is 4.98 Å². The predicted molar refractivity (Wildman–Crippen MR) is 114 cm³/mol. The summed E-state index contributed by atoms with van der Waals surface area (Å²) in [5.74, 6) is 1.38. The smallest absolute Gasteiger partial charge is 0.254 e. The molecule has 1 amide bonds. The molecule has 0 fully saturated rings. The first kappa shape index (κ1) is 19.9. The molecule has 0 radical (unpaired) electrons. The lowest BCUT2D eigenvalue weighted by molar-refractivity contribution is 0.0730. The number of carbonyl (C=O) groups is 1. The molecular formula is C21H23BrClN3O. The molecule has 0 aliphatic rings. The van der Waals surface area contributed by atoms with E-state index in [0.29, 0.717) is 29.6 Å². The number of rotatable bonds is 6. The Balaban J connectivity index is 1.91. The molecule has 3 aromatic rings. The maximum atomic E-state index is 13.1. The van der Waals surface area contributed by atoms with Crippen LogP contribution in [0.5, 0.6) is 0 Å². The summed E-state index contributed by atoms with van der Waals surface area (Å²) in [5.41, 5.74) is 2.53. The van der Waals surface area contributed by atoms with Gasteiger partial charge >= 0.3 is 0 Å². The third-order valence-corrected chi connectivity index (χ3v) is 5.33. The summed E-state index contributed by atoms with van der Waals surface area (Å²) in [5, 5.41) is 0.661. The molecule has 1 heterocycles. The maximum Gasteiger partial charge on any atom is 0.254 e. The van der Waals surface area contributed by atoms with E-state index in [-0.39, 0.29) is 5.91 Å². The van der Waals surface area contributed by atoms with E-state index in [4.69, 9.17) is 16.6 Å². The largest absolute Gasteiger partial charge is 0.331 e. The number of benzene rings is 2. The number of hydrogen-bond donors (Lipinski definition) is 0. The number of halogens is 2. The van der Waals surface area contributed by atoms with Crippen LogP contribution in [-0.2, 0) is 13.6 Å². The highest BCUT2D eigenvalue weighted by Crippen LogP contribution is 2.22. The van der Waals surface area contributed by atoms with Gasteiger partial charge in [0.05, 0.1) is 17.6 Å². The van der Waals surface area contributed by atoms with Gasteiger partial charge in [-0.15, -0.1) is 0 Å². The van der Waals surface area contributed by atoms with Crippen molar-refractivity contribution in [3.8, 4) is 0 Å². The number of aromatic nitrogens is 2. The van der Waals surface area contributed by atoms with Crippen LogP contribution < -0.4 is 0 Å². The van der Waals surface area contributed by atoms with E-state index < -0.39 is 0 Å². The Morgan fingerprint density at radius 3 is 2.74 bits per heavy atom. The van der Waals surface area contributed by atoms with Crippen LogP contribution in [-0.4, -0.2) is 26.9 Å². The summed E-state index contributed by atoms with van der Waals surface area (Å²) in [6, 6.07) is 13.2. The van der Waals surface area contributed by atoms with Gasteiger partial charge in [0.15, 0.2) is 0 Å². The highest BCUT2D eigenvalue weighted by Gasteiger charge is 2.20. The van der Waals surface area contributed by atoms with Gasteiger partial charge in [-0.05, 0) is 48.7 Å². The molecule has 1 aromatic heterocycles. The second-order valence-electron chi connectivity index (χ2n) is 7.14. The molecule has 27 heavy (non-hydrogen) atoms. The predicted octanol–water partition coefficient (Wildman–Crippen LogP) is 5.68. The van der Waals surface area contributed by atoms with Gasteiger partial charge in [0.1, 0.15) is 5.82 Å². The van der Waals surface area contributed by atoms with Crippen LogP contribution in [0.2, 0.25) is 5.02 Å². The molecule has 0 aliphatic heterocycles. The van der Waals surface area contributed by atoms with Crippen molar-refractivity contribution in [2.45, 2.75) is 26.8 Å². The molecule has 0 unspecified atom stereocenters. The minimum absolute atomic E-state index is 0.0158. The van der Waals surface area contributed by atoms with Gasteiger partial charge in [-0.1, -0.05) is 47.4 Å². The zero-order chi connectivity index (χ0) is 19.6. The summed E-state index contributed by atoms with van der Waals surface area (Å²) in [6.45, 7) is 5.48. The molecule has 0 N–H and O–H groups in total. The van der Waals surface area contributed by atoms with Crippen molar-refractivity contribution in [3.63, 3.8) is 0 Å². The summed E-state index contributed by atoms with van der Waals surface area (Å²) in [7, 11) is 1.97. The van der Waals surface area contributed by atoms with Crippen LogP contribution >= 0.6 is 27.5 Å². The molecule has 0 bridgehead atoms. The van der Waals surface area contributed by atoms with Crippen LogP contribution in [0.25, 0.3) is 11.0 Å². The van der Waals surface area contributed by atoms with E-state index in [1.165, 1.54) is 0 Å². The van der Waals surface area contributed by atoms with Gasteiger partial charge in [0.2, 0.25) is 0 Å². The summed E-state index contributed by atoms with van der Waals surface area (Å²) >= 11 is 9.55. The van der Waals surface area contributed by atoms with Crippen molar-refractivity contribution in [2.75, 3.05) is 6.54 Å². The van der Waals surface area contributed by atoms with Crippen molar-refractivity contribution >= 4 is 44.5 Å². The Kier molecular flexibility index (Phi) is 6.22. The van der Waals surface area contributed by atoms with E-state index in [0.717, 1.165) is 27.8 Å². The number of amides is 1. The Labute approximate surface area is 173 Å². The number of carbonyl (C=O) groups excluding carboxylic acids is 1. The number of imidazole rings is 1. The third kappa shape index (κ3) is 4.71.